The minimum Gasteiger partial charge on any atom is -0.325 e. The summed E-state index contributed by atoms with van der Waals surface area (Å²) in [5.41, 5.74) is 1.54. The lowest BCUT2D eigenvalue weighted by atomic mass is 10.2. The maximum Gasteiger partial charge on any atom is 0.234 e. The van der Waals surface area contributed by atoms with Gasteiger partial charge in [0.15, 0.2) is 5.16 Å². The first-order valence-electron chi connectivity index (χ1n) is 9.19. The summed E-state index contributed by atoms with van der Waals surface area (Å²) in [5, 5.41) is 13.1. The lowest BCUT2D eigenvalue weighted by Crippen LogP contribution is -2.14. The molecule has 3 rings (SSSR count). The topological polar surface area (TPSA) is 59.8 Å². The van der Waals surface area contributed by atoms with Crippen LogP contribution in [-0.4, -0.2) is 26.4 Å². The van der Waals surface area contributed by atoms with E-state index in [2.05, 4.69) is 22.1 Å². The number of amides is 1. The summed E-state index contributed by atoms with van der Waals surface area (Å²) in [6.07, 6.45) is 1.76. The van der Waals surface area contributed by atoms with Crippen molar-refractivity contribution in [2.75, 3.05) is 11.1 Å². The molecule has 0 fully saturated rings. The zero-order valence-corrected chi connectivity index (χ0v) is 19.5. The summed E-state index contributed by atoms with van der Waals surface area (Å²) in [7, 11) is 0. The first kappa shape index (κ1) is 23.7. The van der Waals surface area contributed by atoms with Crippen molar-refractivity contribution in [2.24, 2.45) is 0 Å². The van der Waals surface area contributed by atoms with E-state index in [1.165, 1.54) is 36.0 Å². The maximum atomic E-state index is 13.0. The number of thioether (sulfide) groups is 2. The molecule has 0 radical (unpaired) electrons. The lowest BCUT2D eigenvalue weighted by Gasteiger charge is -2.09. The van der Waals surface area contributed by atoms with Crippen molar-refractivity contribution >= 4 is 58.3 Å². The first-order valence-corrected chi connectivity index (χ1v) is 12.1. The Labute approximate surface area is 198 Å². The fourth-order valence-electron chi connectivity index (χ4n) is 2.60. The van der Waals surface area contributed by atoms with Crippen molar-refractivity contribution < 1.29 is 9.18 Å². The molecule has 1 heterocycles. The third-order valence-electron chi connectivity index (χ3n) is 4.07. The van der Waals surface area contributed by atoms with Crippen molar-refractivity contribution in [3.8, 4) is 0 Å². The van der Waals surface area contributed by atoms with Gasteiger partial charge in [-0.25, -0.2) is 4.39 Å². The van der Waals surface area contributed by atoms with E-state index in [0.29, 0.717) is 38.9 Å². The number of aromatic nitrogens is 3. The van der Waals surface area contributed by atoms with Gasteiger partial charge in [-0.1, -0.05) is 47.1 Å². The van der Waals surface area contributed by atoms with Gasteiger partial charge in [-0.2, -0.15) is 0 Å². The second-order valence-corrected chi connectivity index (χ2v) is 9.14. The smallest absolute Gasteiger partial charge is 0.234 e. The number of anilines is 1. The van der Waals surface area contributed by atoms with Crippen molar-refractivity contribution in [3.63, 3.8) is 0 Å². The Morgan fingerprint density at radius 2 is 1.94 bits per heavy atom. The Morgan fingerprint density at radius 3 is 2.65 bits per heavy atom. The van der Waals surface area contributed by atoms with Gasteiger partial charge in [0, 0.05) is 28.0 Å². The van der Waals surface area contributed by atoms with Crippen LogP contribution in [0.25, 0.3) is 0 Å². The van der Waals surface area contributed by atoms with Crippen LogP contribution in [0, 0.1) is 5.82 Å². The van der Waals surface area contributed by atoms with Crippen LogP contribution in [0.3, 0.4) is 0 Å². The van der Waals surface area contributed by atoms with Gasteiger partial charge in [0.2, 0.25) is 5.91 Å². The van der Waals surface area contributed by atoms with E-state index in [4.69, 9.17) is 23.2 Å². The molecule has 1 N–H and O–H groups in total. The highest BCUT2D eigenvalue weighted by atomic mass is 35.5. The van der Waals surface area contributed by atoms with Crippen LogP contribution in [0.1, 0.15) is 11.4 Å². The van der Waals surface area contributed by atoms with Crippen molar-refractivity contribution in [3.05, 3.63) is 82.4 Å². The summed E-state index contributed by atoms with van der Waals surface area (Å²) < 4.78 is 14.9. The van der Waals surface area contributed by atoms with Crippen LogP contribution in [-0.2, 0) is 22.8 Å². The van der Waals surface area contributed by atoms with Crippen molar-refractivity contribution in [1.29, 1.82) is 0 Å². The molecular weight excluding hydrogens is 478 g/mol. The standard InChI is InChI=1S/C21H19Cl2FN4OS2/c1-2-9-28-19(12-30-11-14-3-4-15(22)10-18(14)23)26-27-21(28)31-13-20(29)25-17-7-5-16(24)6-8-17/h2-8,10H,1,9,11-13H2,(H,25,29). The van der Waals surface area contributed by atoms with E-state index in [-0.39, 0.29) is 17.5 Å². The average molecular weight is 497 g/mol. The monoisotopic (exact) mass is 496 g/mol. The zero-order valence-electron chi connectivity index (χ0n) is 16.4. The van der Waals surface area contributed by atoms with Crippen LogP contribution in [0.15, 0.2) is 60.3 Å². The van der Waals surface area contributed by atoms with Gasteiger partial charge in [0.1, 0.15) is 11.6 Å². The molecule has 1 amide bonds. The van der Waals surface area contributed by atoms with Crippen LogP contribution >= 0.6 is 46.7 Å². The maximum absolute atomic E-state index is 13.0. The number of halogens is 3. The van der Waals surface area contributed by atoms with Gasteiger partial charge in [-0.15, -0.1) is 28.5 Å². The van der Waals surface area contributed by atoms with Gasteiger partial charge < -0.3 is 9.88 Å². The van der Waals surface area contributed by atoms with E-state index >= 15 is 0 Å². The number of nitrogens with zero attached hydrogens (tertiary/aromatic N) is 3. The Balaban J connectivity index is 1.57. The molecule has 10 heteroatoms. The van der Waals surface area contributed by atoms with Gasteiger partial charge in [0.05, 0.1) is 11.5 Å². The highest BCUT2D eigenvalue weighted by Crippen LogP contribution is 2.27. The van der Waals surface area contributed by atoms with Gasteiger partial charge >= 0.3 is 0 Å². The number of allylic oxidation sites excluding steroid dienone is 1. The summed E-state index contributed by atoms with van der Waals surface area (Å²) in [4.78, 5) is 12.2. The van der Waals surface area contributed by atoms with E-state index in [0.717, 1.165) is 11.4 Å². The summed E-state index contributed by atoms with van der Waals surface area (Å²) in [6, 6.07) is 11.1. The quantitative estimate of drug-likeness (QED) is 0.272. The Morgan fingerprint density at radius 1 is 1.16 bits per heavy atom. The van der Waals surface area contributed by atoms with E-state index < -0.39 is 0 Å². The number of carbonyl (C=O) groups is 1. The molecule has 0 aliphatic carbocycles. The molecule has 0 saturated heterocycles. The number of benzene rings is 2. The molecule has 3 aromatic rings. The van der Waals surface area contributed by atoms with Crippen LogP contribution in [0.5, 0.6) is 0 Å². The largest absolute Gasteiger partial charge is 0.325 e. The number of hydrogen-bond donors (Lipinski definition) is 1. The Kier molecular flexibility index (Phi) is 8.83. The lowest BCUT2D eigenvalue weighted by molar-refractivity contribution is -0.113. The first-order chi connectivity index (χ1) is 15.0. The second kappa shape index (κ2) is 11.6. The third kappa shape index (κ3) is 7.00. The van der Waals surface area contributed by atoms with Crippen LogP contribution < -0.4 is 5.32 Å². The Hall–Kier alpha value is -2.00. The molecule has 0 aliphatic heterocycles. The summed E-state index contributed by atoms with van der Waals surface area (Å²) in [5.74, 6) is 1.71. The van der Waals surface area contributed by atoms with E-state index in [9.17, 15) is 9.18 Å². The van der Waals surface area contributed by atoms with Crippen molar-refractivity contribution in [1.82, 2.24) is 14.8 Å². The van der Waals surface area contributed by atoms with E-state index in [1.807, 2.05) is 16.7 Å². The fraction of sp³-hybridized carbons (Fsp3) is 0.190. The fourth-order valence-corrected chi connectivity index (χ4v) is 4.89. The normalized spacial score (nSPS) is 10.8. The predicted octanol–water partition coefficient (Wildman–Crippen LogP) is 6.07. The molecule has 0 bridgehead atoms. The minimum absolute atomic E-state index is 0.153. The van der Waals surface area contributed by atoms with Crippen LogP contribution in [0.4, 0.5) is 10.1 Å². The molecule has 162 valence electrons. The minimum atomic E-state index is -0.353. The third-order valence-corrected chi connectivity index (χ3v) is 6.60. The molecule has 5 nitrogen and oxygen atoms in total. The molecule has 1 aromatic heterocycles. The average Bonchev–Trinajstić information content (AvgIpc) is 3.12. The summed E-state index contributed by atoms with van der Waals surface area (Å²) in [6.45, 7) is 4.33. The molecule has 0 saturated carbocycles. The number of carbonyl (C=O) groups excluding carboxylic acids is 1. The summed E-state index contributed by atoms with van der Waals surface area (Å²) >= 11 is 15.1. The number of hydrogen-bond acceptors (Lipinski definition) is 5. The molecule has 0 aliphatic rings. The van der Waals surface area contributed by atoms with Gasteiger partial charge in [-0.3, -0.25) is 4.79 Å². The molecule has 2 aromatic carbocycles. The van der Waals surface area contributed by atoms with Crippen molar-refractivity contribution in [2.45, 2.75) is 23.2 Å². The molecule has 31 heavy (non-hydrogen) atoms. The van der Waals surface area contributed by atoms with E-state index in [1.54, 1.807) is 23.9 Å². The Bertz CT molecular complexity index is 1060. The molecule has 0 unspecified atom stereocenters. The van der Waals surface area contributed by atoms with Crippen LogP contribution in [0.2, 0.25) is 10.0 Å². The SMILES string of the molecule is C=CCn1c(CSCc2ccc(Cl)cc2Cl)nnc1SCC(=O)Nc1ccc(F)cc1. The van der Waals surface area contributed by atoms with Gasteiger partial charge in [-0.05, 0) is 42.0 Å². The zero-order chi connectivity index (χ0) is 22.2. The second-order valence-electron chi connectivity index (χ2n) is 6.37. The number of rotatable bonds is 10. The van der Waals surface area contributed by atoms with Gasteiger partial charge in [0.25, 0.3) is 0 Å². The molecular formula is C21H19Cl2FN4OS2. The predicted molar refractivity (Wildman–Crippen MR) is 127 cm³/mol. The molecule has 0 atom stereocenters. The highest BCUT2D eigenvalue weighted by Gasteiger charge is 2.14. The highest BCUT2D eigenvalue weighted by molar-refractivity contribution is 7.99. The molecule has 0 spiro atoms. The number of nitrogens with one attached hydrogen (secondary N) is 1.